The van der Waals surface area contributed by atoms with Crippen LogP contribution in [0.4, 0.5) is 0 Å². The molecule has 4 nitrogen and oxygen atoms in total. The van der Waals surface area contributed by atoms with Crippen LogP contribution in [0.1, 0.15) is 52.3 Å². The van der Waals surface area contributed by atoms with Crippen molar-refractivity contribution in [2.24, 2.45) is 17.1 Å². The highest BCUT2D eigenvalue weighted by molar-refractivity contribution is 5.00. The number of rotatable bonds is 3. The number of fused-ring (bicyclic) bond motifs is 1. The predicted molar refractivity (Wildman–Crippen MR) is 85.8 cm³/mol. The molecule has 1 aliphatic heterocycles. The van der Waals surface area contributed by atoms with Gasteiger partial charge >= 0.3 is 0 Å². The highest BCUT2D eigenvalue weighted by Gasteiger charge is 2.39. The van der Waals surface area contributed by atoms with Crippen molar-refractivity contribution < 1.29 is 0 Å². The van der Waals surface area contributed by atoms with Gasteiger partial charge in [0.25, 0.3) is 0 Å². The molecule has 3 unspecified atom stereocenters. The van der Waals surface area contributed by atoms with Gasteiger partial charge in [-0.05, 0) is 30.6 Å². The Labute approximate surface area is 128 Å². The summed E-state index contributed by atoms with van der Waals surface area (Å²) >= 11 is 0. The lowest BCUT2D eigenvalue weighted by Gasteiger charge is -2.46. The molecule has 3 rings (SSSR count). The molecule has 2 heterocycles. The minimum Gasteiger partial charge on any atom is -0.333 e. The van der Waals surface area contributed by atoms with Gasteiger partial charge in [0.15, 0.2) is 0 Å². The van der Waals surface area contributed by atoms with E-state index in [4.69, 9.17) is 5.73 Å². The second-order valence-corrected chi connectivity index (χ2v) is 7.59. The molecule has 0 amide bonds. The lowest BCUT2D eigenvalue weighted by Crippen LogP contribution is -2.54. The molecular weight excluding hydrogens is 260 g/mol. The molecule has 1 aromatic rings. The van der Waals surface area contributed by atoms with Crippen LogP contribution in [0.3, 0.4) is 0 Å². The van der Waals surface area contributed by atoms with Gasteiger partial charge in [-0.2, -0.15) is 0 Å². The molecule has 0 spiro atoms. The van der Waals surface area contributed by atoms with Crippen molar-refractivity contribution in [1.82, 2.24) is 14.5 Å². The fourth-order valence-corrected chi connectivity index (χ4v) is 4.06. The maximum absolute atomic E-state index is 6.48. The second kappa shape index (κ2) is 5.73. The van der Waals surface area contributed by atoms with Gasteiger partial charge in [0.2, 0.25) is 0 Å². The van der Waals surface area contributed by atoms with Crippen molar-refractivity contribution >= 4 is 0 Å². The first-order valence-electron chi connectivity index (χ1n) is 8.51. The third kappa shape index (κ3) is 2.88. The predicted octanol–water partition coefficient (Wildman–Crippen LogP) is 2.63. The van der Waals surface area contributed by atoms with Gasteiger partial charge in [-0.1, -0.05) is 27.2 Å². The van der Waals surface area contributed by atoms with Crippen LogP contribution >= 0.6 is 0 Å². The zero-order chi connectivity index (χ0) is 15.0. The Bertz CT molecular complexity index is 479. The fourth-order valence-electron chi connectivity index (χ4n) is 4.06. The van der Waals surface area contributed by atoms with Gasteiger partial charge in [-0.15, -0.1) is 0 Å². The Morgan fingerprint density at radius 1 is 1.33 bits per heavy atom. The largest absolute Gasteiger partial charge is 0.333 e. The van der Waals surface area contributed by atoms with Crippen LogP contribution in [0.15, 0.2) is 12.4 Å². The molecule has 118 valence electrons. The van der Waals surface area contributed by atoms with Gasteiger partial charge in [-0.3, -0.25) is 4.90 Å². The van der Waals surface area contributed by atoms with Crippen LogP contribution in [-0.4, -0.2) is 33.1 Å². The number of hydrogen-bond donors (Lipinski definition) is 1. The molecule has 0 radical (unpaired) electrons. The lowest BCUT2D eigenvalue weighted by molar-refractivity contribution is 0.0449. The molecule has 2 aliphatic rings. The lowest BCUT2D eigenvalue weighted by atomic mass is 9.67. The Kier molecular flexibility index (Phi) is 4.10. The first-order valence-corrected chi connectivity index (χ1v) is 8.51. The van der Waals surface area contributed by atoms with E-state index >= 15 is 0 Å². The Hall–Kier alpha value is -0.870. The van der Waals surface area contributed by atoms with Crippen molar-refractivity contribution in [2.45, 2.75) is 71.6 Å². The highest BCUT2D eigenvalue weighted by atomic mass is 15.3. The van der Waals surface area contributed by atoms with E-state index in [0.29, 0.717) is 17.5 Å². The van der Waals surface area contributed by atoms with E-state index in [0.717, 1.165) is 25.6 Å². The Balaban J connectivity index is 1.72. The minimum absolute atomic E-state index is 0.329. The highest BCUT2D eigenvalue weighted by Crippen LogP contribution is 2.41. The molecule has 0 saturated heterocycles. The maximum atomic E-state index is 6.48. The molecule has 1 saturated carbocycles. The van der Waals surface area contributed by atoms with Gasteiger partial charge in [0, 0.05) is 37.6 Å². The van der Waals surface area contributed by atoms with E-state index in [1.807, 2.05) is 6.20 Å². The molecule has 0 aromatic carbocycles. The number of nitrogens with zero attached hydrogens (tertiary/aromatic N) is 3. The average molecular weight is 290 g/mol. The third-order valence-corrected chi connectivity index (χ3v) is 6.13. The summed E-state index contributed by atoms with van der Waals surface area (Å²) in [4.78, 5) is 7.08. The van der Waals surface area contributed by atoms with Crippen molar-refractivity contribution in [3.05, 3.63) is 18.2 Å². The smallest absolute Gasteiger partial charge is 0.122 e. The van der Waals surface area contributed by atoms with Crippen LogP contribution in [0.2, 0.25) is 0 Å². The van der Waals surface area contributed by atoms with Crippen LogP contribution in [0.5, 0.6) is 0 Å². The van der Waals surface area contributed by atoms with Crippen molar-refractivity contribution in [3.63, 3.8) is 0 Å². The van der Waals surface area contributed by atoms with Crippen molar-refractivity contribution in [3.8, 4) is 0 Å². The monoisotopic (exact) mass is 290 g/mol. The van der Waals surface area contributed by atoms with Gasteiger partial charge < -0.3 is 10.3 Å². The van der Waals surface area contributed by atoms with Crippen molar-refractivity contribution in [2.75, 3.05) is 6.54 Å². The summed E-state index contributed by atoms with van der Waals surface area (Å²) in [6, 6.07) is 0.857. The summed E-state index contributed by atoms with van der Waals surface area (Å²) in [6.45, 7) is 10.3. The first-order chi connectivity index (χ1) is 10.0. The van der Waals surface area contributed by atoms with E-state index < -0.39 is 0 Å². The topological polar surface area (TPSA) is 47.1 Å². The average Bonchev–Trinajstić information content (AvgIpc) is 2.95. The summed E-state index contributed by atoms with van der Waals surface area (Å²) in [6.07, 6.45) is 8.98. The van der Waals surface area contributed by atoms with Gasteiger partial charge in [0.1, 0.15) is 5.82 Å². The zero-order valence-corrected chi connectivity index (χ0v) is 13.8. The molecular formula is C17H30N4. The summed E-state index contributed by atoms with van der Waals surface area (Å²) < 4.78 is 2.28. The van der Waals surface area contributed by atoms with E-state index in [1.54, 1.807) is 0 Å². The van der Waals surface area contributed by atoms with Crippen molar-refractivity contribution in [1.29, 1.82) is 0 Å². The molecule has 1 aliphatic carbocycles. The maximum Gasteiger partial charge on any atom is 0.122 e. The Morgan fingerprint density at radius 3 is 2.90 bits per heavy atom. The number of imidazole rings is 1. The van der Waals surface area contributed by atoms with Crippen LogP contribution in [0, 0.1) is 11.3 Å². The zero-order valence-electron chi connectivity index (χ0n) is 13.8. The van der Waals surface area contributed by atoms with Gasteiger partial charge in [-0.25, -0.2) is 4.98 Å². The molecule has 4 heteroatoms. The molecule has 21 heavy (non-hydrogen) atoms. The van der Waals surface area contributed by atoms with Gasteiger partial charge in [0.05, 0.1) is 6.54 Å². The SMILES string of the molecule is CCC(C)(C)C1CCC(N)C(N2CCn3ccnc3C2)C1. The second-order valence-electron chi connectivity index (χ2n) is 7.59. The summed E-state index contributed by atoms with van der Waals surface area (Å²) in [7, 11) is 0. The molecule has 1 aromatic heterocycles. The van der Waals surface area contributed by atoms with E-state index in [9.17, 15) is 0 Å². The molecule has 2 N–H and O–H groups in total. The summed E-state index contributed by atoms with van der Waals surface area (Å²) in [5.41, 5.74) is 6.92. The van der Waals surface area contributed by atoms with E-state index in [2.05, 4.69) is 41.4 Å². The normalized spacial score (nSPS) is 31.1. The van der Waals surface area contributed by atoms with Crippen LogP contribution < -0.4 is 5.73 Å². The van der Waals surface area contributed by atoms with E-state index in [-0.39, 0.29) is 0 Å². The van der Waals surface area contributed by atoms with Crippen LogP contribution in [-0.2, 0) is 13.1 Å². The van der Waals surface area contributed by atoms with E-state index in [1.165, 1.54) is 31.5 Å². The summed E-state index contributed by atoms with van der Waals surface area (Å²) in [5, 5.41) is 0. The fraction of sp³-hybridized carbons (Fsp3) is 0.824. The minimum atomic E-state index is 0.329. The Morgan fingerprint density at radius 2 is 2.14 bits per heavy atom. The number of nitrogens with two attached hydrogens (primary N) is 1. The third-order valence-electron chi connectivity index (χ3n) is 6.13. The summed E-state index contributed by atoms with van der Waals surface area (Å²) in [5.74, 6) is 2.00. The molecule has 0 bridgehead atoms. The van der Waals surface area contributed by atoms with Crippen LogP contribution in [0.25, 0.3) is 0 Å². The standard InChI is InChI=1S/C17H30N4/c1-4-17(2,3)13-5-6-14(18)15(11-13)21-10-9-20-8-7-19-16(20)12-21/h7-8,13-15H,4-6,9-12,18H2,1-3H3. The number of hydrogen-bond acceptors (Lipinski definition) is 3. The quantitative estimate of drug-likeness (QED) is 0.931. The first kappa shape index (κ1) is 15.0. The molecule has 3 atom stereocenters. The number of aromatic nitrogens is 2. The molecule has 1 fully saturated rings.